The summed E-state index contributed by atoms with van der Waals surface area (Å²) in [6.07, 6.45) is -2.80. The Morgan fingerprint density at radius 1 is 1.20 bits per heavy atom. The van der Waals surface area contributed by atoms with E-state index in [1.165, 1.54) is 6.07 Å². The van der Waals surface area contributed by atoms with Gasteiger partial charge >= 0.3 is 12.2 Å². The highest BCUT2D eigenvalue weighted by Gasteiger charge is 2.30. The molecule has 1 atom stereocenters. The van der Waals surface area contributed by atoms with E-state index in [9.17, 15) is 18.0 Å². The van der Waals surface area contributed by atoms with E-state index >= 15 is 0 Å². The van der Waals surface area contributed by atoms with Gasteiger partial charge in [0.1, 0.15) is 0 Å². The number of rotatable bonds is 3. The Morgan fingerprint density at radius 3 is 2.76 bits per heavy atom. The smallest absolute Gasteiger partial charge is 0.334 e. The zero-order chi connectivity index (χ0) is 18.0. The molecule has 0 aromatic heterocycles. The van der Waals surface area contributed by atoms with Crippen molar-refractivity contribution in [3.63, 3.8) is 0 Å². The first-order chi connectivity index (χ1) is 11.8. The van der Waals surface area contributed by atoms with Gasteiger partial charge in [0.15, 0.2) is 0 Å². The molecule has 1 unspecified atom stereocenters. The van der Waals surface area contributed by atoms with Gasteiger partial charge in [0.2, 0.25) is 0 Å². The fraction of sp³-hybridized carbons (Fsp3) is 0.278. The molecule has 2 amide bonds. The van der Waals surface area contributed by atoms with Gasteiger partial charge in [-0.3, -0.25) is 0 Å². The van der Waals surface area contributed by atoms with Crippen LogP contribution in [-0.2, 0) is 19.1 Å². The van der Waals surface area contributed by atoms with Gasteiger partial charge in [0.25, 0.3) is 0 Å². The highest BCUT2D eigenvalue weighted by Crippen LogP contribution is 2.33. The molecule has 0 saturated heterocycles. The summed E-state index contributed by atoms with van der Waals surface area (Å²) in [5, 5.41) is 6.12. The van der Waals surface area contributed by atoms with Gasteiger partial charge in [-0.05, 0) is 53.8 Å². The summed E-state index contributed by atoms with van der Waals surface area (Å²) in [6, 6.07) is 9.94. The first-order valence-corrected chi connectivity index (χ1v) is 8.19. The molecule has 0 radical (unpaired) electrons. The third-order valence-corrected chi connectivity index (χ3v) is 4.43. The number of fused-ring (bicyclic) bond motifs is 1. The zero-order valence-electron chi connectivity index (χ0n) is 13.2. The number of urea groups is 1. The fourth-order valence-electron chi connectivity index (χ4n) is 2.99. The summed E-state index contributed by atoms with van der Waals surface area (Å²) in [6.45, 7) is 0.0238. The second kappa shape index (κ2) is 6.96. The quantitative estimate of drug-likeness (QED) is 0.799. The molecule has 132 valence electrons. The van der Waals surface area contributed by atoms with Crippen molar-refractivity contribution in [1.82, 2.24) is 10.6 Å². The SMILES string of the molecule is O=C(NCc1cccc(C(F)(F)F)c1)NC1CCc2cc(Cl)ccc21. The van der Waals surface area contributed by atoms with Gasteiger partial charge in [-0.1, -0.05) is 29.8 Å². The largest absolute Gasteiger partial charge is 0.416 e. The minimum Gasteiger partial charge on any atom is -0.334 e. The van der Waals surface area contributed by atoms with Gasteiger partial charge < -0.3 is 10.6 Å². The van der Waals surface area contributed by atoms with Crippen LogP contribution in [0.2, 0.25) is 5.02 Å². The molecule has 2 aromatic carbocycles. The highest BCUT2D eigenvalue weighted by atomic mass is 35.5. The molecule has 1 aliphatic carbocycles. The molecule has 3 nitrogen and oxygen atoms in total. The third-order valence-electron chi connectivity index (χ3n) is 4.20. The number of benzene rings is 2. The fourth-order valence-corrected chi connectivity index (χ4v) is 3.18. The second-order valence-corrected chi connectivity index (χ2v) is 6.40. The Bertz CT molecular complexity index is 792. The van der Waals surface area contributed by atoms with Crippen LogP contribution < -0.4 is 10.6 Å². The van der Waals surface area contributed by atoms with Crippen LogP contribution in [0.25, 0.3) is 0 Å². The van der Waals surface area contributed by atoms with E-state index in [0.29, 0.717) is 10.6 Å². The number of hydrogen-bond acceptors (Lipinski definition) is 1. The van der Waals surface area contributed by atoms with Crippen LogP contribution in [0.15, 0.2) is 42.5 Å². The van der Waals surface area contributed by atoms with Crippen LogP contribution >= 0.6 is 11.6 Å². The lowest BCUT2D eigenvalue weighted by molar-refractivity contribution is -0.137. The van der Waals surface area contributed by atoms with E-state index in [0.717, 1.165) is 36.1 Å². The standard InChI is InChI=1S/C18H16ClF3N2O/c19-14-5-6-15-12(9-14)4-7-16(15)24-17(25)23-10-11-2-1-3-13(8-11)18(20,21)22/h1-3,5-6,8-9,16H,4,7,10H2,(H2,23,24,25). The molecule has 2 aromatic rings. The molecule has 0 bridgehead atoms. The minimum absolute atomic E-state index is 0.0238. The van der Waals surface area contributed by atoms with Crippen LogP contribution in [0.4, 0.5) is 18.0 Å². The van der Waals surface area contributed by atoms with Crippen molar-refractivity contribution in [1.29, 1.82) is 0 Å². The van der Waals surface area contributed by atoms with Crippen molar-refractivity contribution < 1.29 is 18.0 Å². The van der Waals surface area contributed by atoms with Crippen molar-refractivity contribution >= 4 is 17.6 Å². The van der Waals surface area contributed by atoms with Gasteiger partial charge in [0.05, 0.1) is 11.6 Å². The molecule has 7 heteroatoms. The normalized spacial score (nSPS) is 16.4. The Hall–Kier alpha value is -2.21. The summed E-state index contributed by atoms with van der Waals surface area (Å²) >= 11 is 5.96. The molecule has 0 saturated carbocycles. The number of aryl methyl sites for hydroxylation is 1. The van der Waals surface area contributed by atoms with Gasteiger partial charge in [0, 0.05) is 11.6 Å². The van der Waals surface area contributed by atoms with Crippen molar-refractivity contribution in [2.45, 2.75) is 31.6 Å². The van der Waals surface area contributed by atoms with Crippen LogP contribution in [0.1, 0.15) is 34.7 Å². The minimum atomic E-state index is -4.40. The number of hydrogen-bond donors (Lipinski definition) is 2. The molecular weight excluding hydrogens is 353 g/mol. The molecule has 0 heterocycles. The molecule has 0 spiro atoms. The van der Waals surface area contributed by atoms with Crippen LogP contribution in [0.3, 0.4) is 0 Å². The molecule has 0 fully saturated rings. The predicted octanol–water partition coefficient (Wildman–Crippen LogP) is 4.85. The lowest BCUT2D eigenvalue weighted by Gasteiger charge is -2.15. The average molecular weight is 369 g/mol. The lowest BCUT2D eigenvalue weighted by Crippen LogP contribution is -2.36. The number of alkyl halides is 3. The Balaban J connectivity index is 1.58. The maximum absolute atomic E-state index is 12.7. The first kappa shape index (κ1) is 17.6. The highest BCUT2D eigenvalue weighted by molar-refractivity contribution is 6.30. The van der Waals surface area contributed by atoms with Crippen LogP contribution in [0.5, 0.6) is 0 Å². The van der Waals surface area contributed by atoms with Gasteiger partial charge in [-0.25, -0.2) is 4.79 Å². The van der Waals surface area contributed by atoms with Crippen molar-refractivity contribution in [2.75, 3.05) is 0 Å². The van der Waals surface area contributed by atoms with E-state index in [1.54, 1.807) is 12.1 Å². The maximum Gasteiger partial charge on any atom is 0.416 e. The summed E-state index contributed by atoms with van der Waals surface area (Å²) in [5.41, 5.74) is 1.80. The molecular formula is C18H16ClF3N2O. The van der Waals surface area contributed by atoms with E-state index in [4.69, 9.17) is 11.6 Å². The maximum atomic E-state index is 12.7. The molecule has 1 aliphatic rings. The number of halogens is 4. The number of carbonyl (C=O) groups is 1. The van der Waals surface area contributed by atoms with E-state index in [1.807, 2.05) is 12.1 Å². The summed E-state index contributed by atoms with van der Waals surface area (Å²) < 4.78 is 38.1. The monoisotopic (exact) mass is 368 g/mol. The number of nitrogens with one attached hydrogen (secondary N) is 2. The Kier molecular flexibility index (Phi) is 4.90. The summed E-state index contributed by atoms with van der Waals surface area (Å²) in [4.78, 5) is 12.1. The lowest BCUT2D eigenvalue weighted by atomic mass is 10.1. The van der Waals surface area contributed by atoms with E-state index < -0.39 is 17.8 Å². The van der Waals surface area contributed by atoms with Gasteiger partial charge in [-0.15, -0.1) is 0 Å². The van der Waals surface area contributed by atoms with E-state index in [-0.39, 0.29) is 12.6 Å². The topological polar surface area (TPSA) is 41.1 Å². The Labute approximate surface area is 148 Å². The molecule has 0 aliphatic heterocycles. The average Bonchev–Trinajstić information content (AvgIpc) is 2.94. The second-order valence-electron chi connectivity index (χ2n) is 5.96. The predicted molar refractivity (Wildman–Crippen MR) is 89.3 cm³/mol. The molecule has 2 N–H and O–H groups in total. The third kappa shape index (κ3) is 4.25. The molecule has 3 rings (SSSR count). The molecule has 25 heavy (non-hydrogen) atoms. The van der Waals surface area contributed by atoms with Crippen molar-refractivity contribution in [2.24, 2.45) is 0 Å². The summed E-state index contributed by atoms with van der Waals surface area (Å²) in [7, 11) is 0. The first-order valence-electron chi connectivity index (χ1n) is 7.82. The Morgan fingerprint density at radius 2 is 2.00 bits per heavy atom. The van der Waals surface area contributed by atoms with Crippen LogP contribution in [-0.4, -0.2) is 6.03 Å². The number of amides is 2. The number of carbonyl (C=O) groups excluding carboxylic acids is 1. The summed E-state index contributed by atoms with van der Waals surface area (Å²) in [5.74, 6) is 0. The van der Waals surface area contributed by atoms with Crippen LogP contribution in [0, 0.1) is 0 Å². The van der Waals surface area contributed by atoms with Crippen molar-refractivity contribution in [3.05, 3.63) is 69.7 Å². The van der Waals surface area contributed by atoms with Gasteiger partial charge in [-0.2, -0.15) is 13.2 Å². The zero-order valence-corrected chi connectivity index (χ0v) is 13.9. The van der Waals surface area contributed by atoms with E-state index in [2.05, 4.69) is 10.6 Å². The van der Waals surface area contributed by atoms with Crippen molar-refractivity contribution in [3.8, 4) is 0 Å².